The SMILES string of the molecule is CC.CC(C)(C#N)Nc1ccc(=O)[nH]c1. The van der Waals surface area contributed by atoms with Gasteiger partial charge in [0, 0.05) is 12.3 Å². The van der Waals surface area contributed by atoms with E-state index < -0.39 is 5.54 Å². The number of nitriles is 1. The molecule has 2 N–H and O–H groups in total. The second-order valence-corrected chi connectivity index (χ2v) is 3.30. The average molecular weight is 207 g/mol. The smallest absolute Gasteiger partial charge is 0.248 e. The number of rotatable bonds is 2. The van der Waals surface area contributed by atoms with Crippen molar-refractivity contribution in [2.24, 2.45) is 0 Å². The summed E-state index contributed by atoms with van der Waals surface area (Å²) >= 11 is 0. The highest BCUT2D eigenvalue weighted by Gasteiger charge is 2.15. The molecule has 0 unspecified atom stereocenters. The fraction of sp³-hybridized carbons (Fsp3) is 0.455. The Labute approximate surface area is 90.0 Å². The molecule has 0 saturated carbocycles. The summed E-state index contributed by atoms with van der Waals surface area (Å²) in [5.74, 6) is 0. The van der Waals surface area contributed by atoms with Crippen molar-refractivity contribution in [2.75, 3.05) is 5.32 Å². The molecule has 0 aliphatic carbocycles. The summed E-state index contributed by atoms with van der Waals surface area (Å²) in [7, 11) is 0. The van der Waals surface area contributed by atoms with Gasteiger partial charge in [-0.15, -0.1) is 0 Å². The van der Waals surface area contributed by atoms with Crippen LogP contribution in [0.5, 0.6) is 0 Å². The lowest BCUT2D eigenvalue weighted by Crippen LogP contribution is -2.28. The third kappa shape index (κ3) is 4.87. The molecule has 1 aromatic rings. The van der Waals surface area contributed by atoms with Crippen molar-refractivity contribution < 1.29 is 0 Å². The zero-order chi connectivity index (χ0) is 11.9. The van der Waals surface area contributed by atoms with Gasteiger partial charge in [0.15, 0.2) is 0 Å². The van der Waals surface area contributed by atoms with E-state index in [9.17, 15) is 4.79 Å². The Morgan fingerprint density at radius 1 is 1.40 bits per heavy atom. The Hall–Kier alpha value is -1.76. The summed E-state index contributed by atoms with van der Waals surface area (Å²) in [5.41, 5.74) is -0.0513. The third-order valence-corrected chi connectivity index (χ3v) is 1.52. The minimum absolute atomic E-state index is 0.152. The summed E-state index contributed by atoms with van der Waals surface area (Å²) < 4.78 is 0. The molecule has 0 bridgehead atoms. The van der Waals surface area contributed by atoms with Crippen molar-refractivity contribution >= 4 is 5.69 Å². The topological polar surface area (TPSA) is 68.7 Å². The molecule has 0 fully saturated rings. The van der Waals surface area contributed by atoms with Crippen LogP contribution in [-0.4, -0.2) is 10.5 Å². The first kappa shape index (κ1) is 13.2. The monoisotopic (exact) mass is 207 g/mol. The molecule has 0 saturated heterocycles. The normalized spacial score (nSPS) is 9.53. The predicted octanol–water partition coefficient (Wildman–Crippen LogP) is 2.12. The highest BCUT2D eigenvalue weighted by molar-refractivity contribution is 5.44. The van der Waals surface area contributed by atoms with E-state index in [4.69, 9.17) is 5.26 Å². The van der Waals surface area contributed by atoms with Crippen LogP contribution in [0.1, 0.15) is 27.7 Å². The van der Waals surface area contributed by atoms with E-state index in [0.29, 0.717) is 0 Å². The van der Waals surface area contributed by atoms with E-state index in [2.05, 4.69) is 16.4 Å². The second kappa shape index (κ2) is 5.86. The number of nitrogens with one attached hydrogen (secondary N) is 2. The Morgan fingerprint density at radius 2 is 2.00 bits per heavy atom. The predicted molar refractivity (Wildman–Crippen MR) is 61.7 cm³/mol. The highest BCUT2D eigenvalue weighted by atomic mass is 16.1. The van der Waals surface area contributed by atoms with Gasteiger partial charge in [-0.25, -0.2) is 0 Å². The standard InChI is InChI=1S/C9H11N3O.C2H6/c1-9(2,6-10)12-7-3-4-8(13)11-5-7;1-2/h3-5,12H,1-2H3,(H,11,13);1-2H3. The summed E-state index contributed by atoms with van der Waals surface area (Å²) in [6.45, 7) is 7.52. The number of hydrogen-bond donors (Lipinski definition) is 2. The number of aromatic amines is 1. The lowest BCUT2D eigenvalue weighted by Gasteiger charge is -2.18. The maximum Gasteiger partial charge on any atom is 0.248 e. The molecule has 0 spiro atoms. The molecule has 1 rings (SSSR count). The van der Waals surface area contributed by atoms with Crippen LogP contribution in [0.25, 0.3) is 0 Å². The Morgan fingerprint density at radius 3 is 2.40 bits per heavy atom. The van der Waals surface area contributed by atoms with Gasteiger partial charge in [-0.3, -0.25) is 4.79 Å². The van der Waals surface area contributed by atoms with Gasteiger partial charge in [0.2, 0.25) is 5.56 Å². The fourth-order valence-electron chi connectivity index (χ4n) is 0.877. The van der Waals surface area contributed by atoms with Crippen LogP contribution < -0.4 is 10.9 Å². The number of nitrogens with zero attached hydrogens (tertiary/aromatic N) is 1. The number of anilines is 1. The molecule has 0 radical (unpaired) electrons. The minimum atomic E-state index is -0.627. The van der Waals surface area contributed by atoms with Gasteiger partial charge >= 0.3 is 0 Å². The lowest BCUT2D eigenvalue weighted by atomic mass is 10.1. The van der Waals surface area contributed by atoms with Crippen molar-refractivity contribution in [1.29, 1.82) is 5.26 Å². The summed E-state index contributed by atoms with van der Waals surface area (Å²) in [4.78, 5) is 13.2. The zero-order valence-corrected chi connectivity index (χ0v) is 9.59. The molecule has 0 aromatic carbocycles. The van der Waals surface area contributed by atoms with Crippen LogP contribution in [0, 0.1) is 11.3 Å². The van der Waals surface area contributed by atoms with E-state index in [1.54, 1.807) is 26.1 Å². The first-order chi connectivity index (χ1) is 7.03. The molecule has 82 valence electrons. The number of pyridine rings is 1. The quantitative estimate of drug-likeness (QED) is 0.780. The maximum atomic E-state index is 10.7. The molecule has 0 aliphatic heterocycles. The van der Waals surface area contributed by atoms with Crippen molar-refractivity contribution in [3.63, 3.8) is 0 Å². The molecular formula is C11H17N3O. The van der Waals surface area contributed by atoms with E-state index in [1.807, 2.05) is 13.8 Å². The van der Waals surface area contributed by atoms with Gasteiger partial charge in [-0.1, -0.05) is 13.8 Å². The lowest BCUT2D eigenvalue weighted by molar-refractivity contribution is 0.728. The van der Waals surface area contributed by atoms with Gasteiger partial charge < -0.3 is 10.3 Å². The highest BCUT2D eigenvalue weighted by Crippen LogP contribution is 2.10. The number of hydrogen-bond acceptors (Lipinski definition) is 3. The number of aromatic nitrogens is 1. The van der Waals surface area contributed by atoms with Gasteiger partial charge in [0.1, 0.15) is 5.54 Å². The third-order valence-electron chi connectivity index (χ3n) is 1.52. The summed E-state index contributed by atoms with van der Waals surface area (Å²) in [5, 5.41) is 11.7. The van der Waals surface area contributed by atoms with Crippen LogP contribution >= 0.6 is 0 Å². The van der Waals surface area contributed by atoms with Crippen LogP contribution in [0.4, 0.5) is 5.69 Å². The zero-order valence-electron chi connectivity index (χ0n) is 9.59. The largest absolute Gasteiger partial charge is 0.367 e. The number of H-pyrrole nitrogens is 1. The van der Waals surface area contributed by atoms with Crippen molar-refractivity contribution in [1.82, 2.24) is 4.98 Å². The fourth-order valence-corrected chi connectivity index (χ4v) is 0.877. The van der Waals surface area contributed by atoms with Gasteiger partial charge in [0.05, 0.1) is 11.8 Å². The second-order valence-electron chi connectivity index (χ2n) is 3.30. The van der Waals surface area contributed by atoms with Crippen LogP contribution in [0.3, 0.4) is 0 Å². The van der Waals surface area contributed by atoms with Crippen molar-refractivity contribution in [3.8, 4) is 6.07 Å². The van der Waals surface area contributed by atoms with E-state index >= 15 is 0 Å². The van der Waals surface area contributed by atoms with Crippen LogP contribution in [-0.2, 0) is 0 Å². The van der Waals surface area contributed by atoms with Crippen LogP contribution in [0.15, 0.2) is 23.1 Å². The average Bonchev–Trinajstić information content (AvgIpc) is 2.24. The molecule has 4 nitrogen and oxygen atoms in total. The first-order valence-corrected chi connectivity index (χ1v) is 4.92. The maximum absolute atomic E-state index is 10.7. The Bertz CT molecular complexity index is 367. The molecule has 1 aromatic heterocycles. The molecule has 4 heteroatoms. The Kier molecular flexibility index (Phi) is 5.18. The van der Waals surface area contributed by atoms with E-state index in [-0.39, 0.29) is 5.56 Å². The molecule has 0 aliphatic rings. The van der Waals surface area contributed by atoms with Crippen LogP contribution in [0.2, 0.25) is 0 Å². The molecule has 0 atom stereocenters. The summed E-state index contributed by atoms with van der Waals surface area (Å²) in [6.07, 6.45) is 1.54. The molecular weight excluding hydrogens is 190 g/mol. The van der Waals surface area contributed by atoms with Gasteiger partial charge in [0.25, 0.3) is 0 Å². The van der Waals surface area contributed by atoms with Gasteiger partial charge in [-0.05, 0) is 19.9 Å². The van der Waals surface area contributed by atoms with E-state index in [0.717, 1.165) is 5.69 Å². The first-order valence-electron chi connectivity index (χ1n) is 4.92. The summed E-state index contributed by atoms with van der Waals surface area (Å²) in [6, 6.07) is 5.15. The minimum Gasteiger partial charge on any atom is -0.367 e. The molecule has 15 heavy (non-hydrogen) atoms. The van der Waals surface area contributed by atoms with Crippen molar-refractivity contribution in [2.45, 2.75) is 33.2 Å². The van der Waals surface area contributed by atoms with Crippen molar-refractivity contribution in [3.05, 3.63) is 28.7 Å². The van der Waals surface area contributed by atoms with Gasteiger partial charge in [-0.2, -0.15) is 5.26 Å². The molecule has 1 heterocycles. The Balaban J connectivity index is 0.000000921. The molecule has 0 amide bonds. The van der Waals surface area contributed by atoms with E-state index in [1.165, 1.54) is 6.07 Å².